The molecule has 0 radical (unpaired) electrons. The van der Waals surface area contributed by atoms with Gasteiger partial charge in [-0.3, -0.25) is 9.69 Å². The lowest BCUT2D eigenvalue weighted by Gasteiger charge is -2.38. The minimum absolute atomic E-state index is 0.249. The Kier molecular flexibility index (Phi) is 4.98. The zero-order valence-corrected chi connectivity index (χ0v) is 13.8. The summed E-state index contributed by atoms with van der Waals surface area (Å²) in [6.07, 6.45) is 0.866. The Morgan fingerprint density at radius 1 is 1.30 bits per heavy atom. The van der Waals surface area contributed by atoms with Crippen molar-refractivity contribution in [3.8, 4) is 11.5 Å². The van der Waals surface area contributed by atoms with Crippen LogP contribution in [0.15, 0.2) is 12.1 Å². The van der Waals surface area contributed by atoms with Crippen LogP contribution in [0.3, 0.4) is 0 Å². The van der Waals surface area contributed by atoms with Crippen LogP contribution in [0, 0.1) is 0 Å². The molecule has 0 spiro atoms. The Morgan fingerprint density at radius 3 is 2.39 bits per heavy atom. The number of hydrogen-bond donors (Lipinski definition) is 2. The number of fused-ring (bicyclic) bond motifs is 1. The standard InChI is InChI=1S/C16H22N2O5/c1-5-9-15(19)18(11(6-2)16(20)21)12-8-14(23-4)13(22-3)7-10(12)17-9/h7-9,11,17H,5-6H2,1-4H3,(H,20,21). The van der Waals surface area contributed by atoms with Gasteiger partial charge in [-0.2, -0.15) is 0 Å². The molecule has 1 aliphatic heterocycles. The minimum Gasteiger partial charge on any atom is -0.493 e. The second-order valence-electron chi connectivity index (χ2n) is 5.30. The Hall–Kier alpha value is -2.44. The first kappa shape index (κ1) is 16.9. The van der Waals surface area contributed by atoms with Crippen LogP contribution < -0.4 is 19.7 Å². The van der Waals surface area contributed by atoms with Crippen molar-refractivity contribution in [3.63, 3.8) is 0 Å². The Morgan fingerprint density at radius 2 is 1.91 bits per heavy atom. The van der Waals surface area contributed by atoms with Crippen LogP contribution in [-0.4, -0.2) is 43.3 Å². The second-order valence-corrected chi connectivity index (χ2v) is 5.30. The third-order valence-corrected chi connectivity index (χ3v) is 4.02. The van der Waals surface area contributed by atoms with E-state index in [1.54, 1.807) is 19.1 Å². The second kappa shape index (κ2) is 6.76. The van der Waals surface area contributed by atoms with Crippen molar-refractivity contribution in [1.29, 1.82) is 0 Å². The van der Waals surface area contributed by atoms with Crippen LogP contribution in [-0.2, 0) is 9.59 Å². The molecule has 23 heavy (non-hydrogen) atoms. The number of carboxylic acids is 1. The van der Waals surface area contributed by atoms with E-state index >= 15 is 0 Å². The van der Waals surface area contributed by atoms with Gasteiger partial charge in [0.2, 0.25) is 5.91 Å². The third kappa shape index (κ3) is 2.91. The summed E-state index contributed by atoms with van der Waals surface area (Å²) in [6.45, 7) is 3.62. The molecule has 1 aromatic rings. The average Bonchev–Trinajstić information content (AvgIpc) is 2.55. The number of amides is 1. The molecule has 1 heterocycles. The largest absolute Gasteiger partial charge is 0.493 e. The van der Waals surface area contributed by atoms with Crippen LogP contribution in [0.5, 0.6) is 11.5 Å². The summed E-state index contributed by atoms with van der Waals surface area (Å²) < 4.78 is 10.6. The lowest BCUT2D eigenvalue weighted by molar-refractivity contribution is -0.140. The molecule has 0 aromatic heterocycles. The van der Waals surface area contributed by atoms with E-state index < -0.39 is 18.1 Å². The number of aliphatic carboxylic acids is 1. The van der Waals surface area contributed by atoms with Crippen LogP contribution >= 0.6 is 0 Å². The molecule has 0 bridgehead atoms. The van der Waals surface area contributed by atoms with E-state index in [-0.39, 0.29) is 5.91 Å². The van der Waals surface area contributed by atoms with Crippen molar-refractivity contribution >= 4 is 23.3 Å². The number of methoxy groups -OCH3 is 2. The molecule has 2 atom stereocenters. The van der Waals surface area contributed by atoms with Crippen molar-refractivity contribution in [2.45, 2.75) is 38.8 Å². The number of nitrogens with zero attached hydrogens (tertiary/aromatic N) is 1. The molecular formula is C16H22N2O5. The Bertz CT molecular complexity index is 617. The molecule has 1 aromatic carbocycles. The van der Waals surface area contributed by atoms with Crippen molar-refractivity contribution in [2.75, 3.05) is 24.4 Å². The maximum absolute atomic E-state index is 12.7. The van der Waals surface area contributed by atoms with E-state index in [0.29, 0.717) is 35.7 Å². The van der Waals surface area contributed by atoms with E-state index in [4.69, 9.17) is 9.47 Å². The monoisotopic (exact) mass is 322 g/mol. The van der Waals surface area contributed by atoms with Gasteiger partial charge in [0.15, 0.2) is 11.5 Å². The molecule has 7 heteroatoms. The van der Waals surface area contributed by atoms with Gasteiger partial charge in [0.1, 0.15) is 12.1 Å². The first-order valence-electron chi connectivity index (χ1n) is 7.56. The maximum atomic E-state index is 12.7. The first-order chi connectivity index (χ1) is 11.0. The number of nitrogens with one attached hydrogen (secondary N) is 1. The summed E-state index contributed by atoms with van der Waals surface area (Å²) in [5.74, 6) is -0.313. The molecule has 0 fully saturated rings. The van der Waals surface area contributed by atoms with Gasteiger partial charge in [0, 0.05) is 12.1 Å². The smallest absolute Gasteiger partial charge is 0.326 e. The summed E-state index contributed by atoms with van der Waals surface area (Å²) >= 11 is 0. The molecule has 1 aliphatic rings. The van der Waals surface area contributed by atoms with E-state index in [1.165, 1.54) is 19.1 Å². The summed E-state index contributed by atoms with van der Waals surface area (Å²) in [5, 5.41) is 12.6. The van der Waals surface area contributed by atoms with Crippen molar-refractivity contribution in [1.82, 2.24) is 0 Å². The molecule has 0 saturated heterocycles. The van der Waals surface area contributed by atoms with Crippen molar-refractivity contribution in [3.05, 3.63) is 12.1 Å². The molecule has 1 amide bonds. The van der Waals surface area contributed by atoms with Crippen LogP contribution in [0.25, 0.3) is 0 Å². The van der Waals surface area contributed by atoms with E-state index in [2.05, 4.69) is 5.32 Å². The van der Waals surface area contributed by atoms with E-state index in [1.807, 2.05) is 6.92 Å². The highest BCUT2D eigenvalue weighted by atomic mass is 16.5. The molecular weight excluding hydrogens is 300 g/mol. The fraction of sp³-hybridized carbons (Fsp3) is 0.500. The molecule has 126 valence electrons. The van der Waals surface area contributed by atoms with Crippen LogP contribution in [0.4, 0.5) is 11.4 Å². The molecule has 2 N–H and O–H groups in total. The summed E-state index contributed by atoms with van der Waals surface area (Å²) in [6, 6.07) is 1.98. The lowest BCUT2D eigenvalue weighted by atomic mass is 10.0. The normalized spacial score (nSPS) is 18.0. The maximum Gasteiger partial charge on any atom is 0.326 e. The number of rotatable bonds is 6. The van der Waals surface area contributed by atoms with Crippen molar-refractivity contribution < 1.29 is 24.2 Å². The predicted molar refractivity (Wildman–Crippen MR) is 86.4 cm³/mol. The molecule has 2 rings (SSSR count). The Balaban J connectivity index is 2.62. The first-order valence-corrected chi connectivity index (χ1v) is 7.56. The minimum atomic E-state index is -1.03. The van der Waals surface area contributed by atoms with Crippen LogP contribution in [0.1, 0.15) is 26.7 Å². The average molecular weight is 322 g/mol. The number of hydrogen-bond acceptors (Lipinski definition) is 5. The predicted octanol–water partition coefficient (Wildman–Crippen LogP) is 2.10. The molecule has 0 saturated carbocycles. The molecule has 0 aliphatic carbocycles. The lowest BCUT2D eigenvalue weighted by Crippen LogP contribution is -2.54. The number of carbonyl (C=O) groups is 2. The van der Waals surface area contributed by atoms with Gasteiger partial charge < -0.3 is 19.9 Å². The zero-order valence-electron chi connectivity index (χ0n) is 13.8. The van der Waals surface area contributed by atoms with Gasteiger partial charge in [0.05, 0.1) is 25.6 Å². The fourth-order valence-corrected chi connectivity index (χ4v) is 2.79. The molecule has 2 unspecified atom stereocenters. The third-order valence-electron chi connectivity index (χ3n) is 4.02. The Labute approximate surface area is 135 Å². The van der Waals surface area contributed by atoms with Gasteiger partial charge in [-0.25, -0.2) is 4.79 Å². The highest BCUT2D eigenvalue weighted by Gasteiger charge is 2.39. The van der Waals surface area contributed by atoms with Crippen LogP contribution in [0.2, 0.25) is 0 Å². The van der Waals surface area contributed by atoms with Crippen molar-refractivity contribution in [2.24, 2.45) is 0 Å². The topological polar surface area (TPSA) is 88.1 Å². The highest BCUT2D eigenvalue weighted by molar-refractivity contribution is 6.08. The SMILES string of the molecule is CCC1Nc2cc(OC)c(OC)cc2N(C(CC)C(=O)O)C1=O. The number of benzene rings is 1. The number of ether oxygens (including phenoxy) is 2. The highest BCUT2D eigenvalue weighted by Crippen LogP contribution is 2.42. The van der Waals surface area contributed by atoms with Gasteiger partial charge in [-0.15, -0.1) is 0 Å². The van der Waals surface area contributed by atoms with Gasteiger partial charge in [-0.1, -0.05) is 13.8 Å². The summed E-state index contributed by atoms with van der Waals surface area (Å²) in [5.41, 5.74) is 1.15. The van der Waals surface area contributed by atoms with Gasteiger partial charge in [-0.05, 0) is 12.8 Å². The summed E-state index contributed by atoms with van der Waals surface area (Å²) in [7, 11) is 3.02. The van der Waals surface area contributed by atoms with E-state index in [0.717, 1.165) is 0 Å². The fourth-order valence-electron chi connectivity index (χ4n) is 2.79. The van der Waals surface area contributed by atoms with E-state index in [9.17, 15) is 14.7 Å². The number of carboxylic acid groups (broad SMARTS) is 1. The quantitative estimate of drug-likeness (QED) is 0.834. The number of carbonyl (C=O) groups excluding carboxylic acids is 1. The molecule has 7 nitrogen and oxygen atoms in total. The zero-order chi connectivity index (χ0) is 17.1. The van der Waals surface area contributed by atoms with Gasteiger partial charge in [0.25, 0.3) is 0 Å². The van der Waals surface area contributed by atoms with Gasteiger partial charge >= 0.3 is 5.97 Å². The number of anilines is 2. The summed E-state index contributed by atoms with van der Waals surface area (Å²) in [4.78, 5) is 25.6.